The summed E-state index contributed by atoms with van der Waals surface area (Å²) in [7, 11) is 1.62. The number of benzene rings is 1. The highest BCUT2D eigenvalue weighted by molar-refractivity contribution is 6.32. The minimum absolute atomic E-state index is 0.0340. The molecule has 1 aromatic heterocycles. The summed E-state index contributed by atoms with van der Waals surface area (Å²) in [4.78, 5) is 17.3. The molecule has 4 rings (SSSR count). The predicted molar refractivity (Wildman–Crippen MR) is 113 cm³/mol. The molecule has 8 heteroatoms. The van der Waals surface area contributed by atoms with Gasteiger partial charge in [-0.1, -0.05) is 17.7 Å². The van der Waals surface area contributed by atoms with Crippen molar-refractivity contribution >= 4 is 17.3 Å². The van der Waals surface area contributed by atoms with E-state index in [1.807, 2.05) is 24.4 Å². The molecule has 0 aliphatic carbocycles. The van der Waals surface area contributed by atoms with Crippen LogP contribution in [0.5, 0.6) is 5.75 Å². The first-order valence-electron chi connectivity index (χ1n) is 10.1. The van der Waals surface area contributed by atoms with E-state index in [0.29, 0.717) is 24.0 Å². The van der Waals surface area contributed by atoms with Gasteiger partial charge in [-0.2, -0.15) is 5.10 Å². The molecule has 0 amide bonds. The van der Waals surface area contributed by atoms with E-state index in [-0.39, 0.29) is 11.6 Å². The average Bonchev–Trinajstić information content (AvgIpc) is 2.75. The van der Waals surface area contributed by atoms with Gasteiger partial charge in [-0.25, -0.2) is 4.68 Å². The molecule has 0 bridgehead atoms. The highest BCUT2D eigenvalue weighted by Crippen LogP contribution is 2.27. The van der Waals surface area contributed by atoms with Crippen molar-refractivity contribution in [3.63, 3.8) is 0 Å². The zero-order valence-electron chi connectivity index (χ0n) is 16.7. The summed E-state index contributed by atoms with van der Waals surface area (Å²) in [5.74, 6) is 0.683. The van der Waals surface area contributed by atoms with Crippen LogP contribution in [0.25, 0.3) is 0 Å². The summed E-state index contributed by atoms with van der Waals surface area (Å²) in [6.07, 6.45) is 3.81. The molecule has 2 aromatic rings. The van der Waals surface area contributed by atoms with Crippen LogP contribution in [-0.4, -0.2) is 61.2 Å². The fraction of sp³-hybridized carbons (Fsp3) is 0.524. The average molecular weight is 419 g/mol. The van der Waals surface area contributed by atoms with Crippen molar-refractivity contribution in [1.82, 2.24) is 14.7 Å². The third-order valence-electron chi connectivity index (χ3n) is 5.64. The van der Waals surface area contributed by atoms with Crippen LogP contribution in [-0.2, 0) is 11.3 Å². The maximum absolute atomic E-state index is 12.8. The third-order valence-corrected chi connectivity index (χ3v) is 5.93. The number of hydrogen-bond acceptors (Lipinski definition) is 6. The van der Waals surface area contributed by atoms with Crippen molar-refractivity contribution in [2.75, 3.05) is 51.4 Å². The molecule has 1 atom stereocenters. The Morgan fingerprint density at radius 3 is 2.79 bits per heavy atom. The number of piperidine rings is 1. The van der Waals surface area contributed by atoms with Gasteiger partial charge in [-0.15, -0.1) is 0 Å². The summed E-state index contributed by atoms with van der Waals surface area (Å²) < 4.78 is 12.3. The number of nitrogens with zero attached hydrogens (tertiary/aromatic N) is 4. The molecule has 1 aromatic carbocycles. The minimum Gasteiger partial charge on any atom is -0.495 e. The lowest BCUT2D eigenvalue weighted by molar-refractivity contribution is 0.122. The molecule has 7 nitrogen and oxygen atoms in total. The second kappa shape index (κ2) is 9.15. The SMILES string of the molecule is COc1ccc(CN2CCC[C@H](n3ncc(N4CCOCC4)cc3=O)C2)cc1Cl. The van der Waals surface area contributed by atoms with Gasteiger partial charge in [0, 0.05) is 32.2 Å². The fourth-order valence-corrected chi connectivity index (χ4v) is 4.40. The summed E-state index contributed by atoms with van der Waals surface area (Å²) in [6, 6.07) is 7.68. The highest BCUT2D eigenvalue weighted by Gasteiger charge is 2.24. The monoisotopic (exact) mass is 418 g/mol. The number of likely N-dealkylation sites (tertiary alicyclic amines) is 1. The first-order chi connectivity index (χ1) is 14.1. The number of hydrogen-bond donors (Lipinski definition) is 0. The molecule has 0 unspecified atom stereocenters. The van der Waals surface area contributed by atoms with E-state index in [4.69, 9.17) is 21.1 Å². The number of morpholine rings is 1. The van der Waals surface area contributed by atoms with Gasteiger partial charge in [0.2, 0.25) is 0 Å². The highest BCUT2D eigenvalue weighted by atomic mass is 35.5. The Balaban J connectivity index is 1.44. The van der Waals surface area contributed by atoms with E-state index in [0.717, 1.165) is 56.8 Å². The zero-order valence-corrected chi connectivity index (χ0v) is 17.5. The molecule has 2 aliphatic heterocycles. The number of methoxy groups -OCH3 is 1. The van der Waals surface area contributed by atoms with Crippen molar-refractivity contribution in [3.8, 4) is 5.75 Å². The number of halogens is 1. The lowest BCUT2D eigenvalue weighted by atomic mass is 10.0. The normalized spacial score (nSPS) is 20.6. The van der Waals surface area contributed by atoms with Gasteiger partial charge >= 0.3 is 0 Å². The summed E-state index contributed by atoms with van der Waals surface area (Å²) in [6.45, 7) is 5.57. The molecule has 0 saturated carbocycles. The molecule has 29 heavy (non-hydrogen) atoms. The largest absolute Gasteiger partial charge is 0.495 e. The molecule has 2 saturated heterocycles. The van der Waals surface area contributed by atoms with Gasteiger partial charge in [-0.05, 0) is 37.1 Å². The first kappa shape index (κ1) is 20.2. The van der Waals surface area contributed by atoms with Crippen molar-refractivity contribution in [2.24, 2.45) is 0 Å². The molecule has 0 radical (unpaired) electrons. The molecule has 3 heterocycles. The smallest absolute Gasteiger partial charge is 0.269 e. The van der Waals surface area contributed by atoms with Gasteiger partial charge in [0.1, 0.15) is 5.75 Å². The van der Waals surface area contributed by atoms with Crippen LogP contribution in [0.15, 0.2) is 35.3 Å². The summed E-state index contributed by atoms with van der Waals surface area (Å²) in [5, 5.41) is 5.13. The summed E-state index contributed by atoms with van der Waals surface area (Å²) >= 11 is 6.26. The molecule has 2 fully saturated rings. The molecular formula is C21H27ClN4O3. The first-order valence-corrected chi connectivity index (χ1v) is 10.5. The fourth-order valence-electron chi connectivity index (χ4n) is 4.12. The molecule has 0 N–H and O–H groups in total. The lowest BCUT2D eigenvalue weighted by Crippen LogP contribution is -2.41. The second-order valence-electron chi connectivity index (χ2n) is 7.60. The van der Waals surface area contributed by atoms with Crippen LogP contribution in [0.1, 0.15) is 24.4 Å². The van der Waals surface area contributed by atoms with Crippen LogP contribution >= 0.6 is 11.6 Å². The van der Waals surface area contributed by atoms with Gasteiger partial charge in [-0.3, -0.25) is 9.69 Å². The van der Waals surface area contributed by atoms with Crippen LogP contribution in [0.3, 0.4) is 0 Å². The second-order valence-corrected chi connectivity index (χ2v) is 8.00. The van der Waals surface area contributed by atoms with Gasteiger partial charge in [0.25, 0.3) is 5.56 Å². The van der Waals surface area contributed by atoms with Crippen molar-refractivity contribution < 1.29 is 9.47 Å². The Morgan fingerprint density at radius 1 is 1.24 bits per heavy atom. The third kappa shape index (κ3) is 4.74. The predicted octanol–water partition coefficient (Wildman–Crippen LogP) is 2.58. The Hall–Kier alpha value is -2.09. The van der Waals surface area contributed by atoms with Gasteiger partial charge < -0.3 is 14.4 Å². The van der Waals surface area contributed by atoms with Crippen LogP contribution in [0.4, 0.5) is 5.69 Å². The van der Waals surface area contributed by atoms with Crippen molar-refractivity contribution in [1.29, 1.82) is 0 Å². The van der Waals surface area contributed by atoms with Gasteiger partial charge in [0.05, 0.1) is 43.3 Å². The molecule has 2 aliphatic rings. The standard InChI is InChI=1S/C21H27ClN4O3/c1-28-20-5-4-16(11-19(20)22)14-24-6-2-3-17(15-24)26-21(27)12-18(13-23-26)25-7-9-29-10-8-25/h4-5,11-13,17H,2-3,6-10,14-15H2,1H3/t17-/m0/s1. The maximum Gasteiger partial charge on any atom is 0.269 e. The zero-order chi connectivity index (χ0) is 20.2. The van der Waals surface area contributed by atoms with E-state index < -0.39 is 0 Å². The Kier molecular flexibility index (Phi) is 6.37. The number of anilines is 1. The van der Waals surface area contributed by atoms with Crippen molar-refractivity contribution in [3.05, 3.63) is 51.4 Å². The minimum atomic E-state index is -0.0340. The Labute approximate surface area is 175 Å². The molecular weight excluding hydrogens is 392 g/mol. The lowest BCUT2D eigenvalue weighted by Gasteiger charge is -2.33. The molecule has 0 spiro atoms. The van der Waals surface area contributed by atoms with E-state index in [1.54, 1.807) is 17.9 Å². The van der Waals surface area contributed by atoms with E-state index >= 15 is 0 Å². The van der Waals surface area contributed by atoms with Crippen LogP contribution in [0.2, 0.25) is 5.02 Å². The topological polar surface area (TPSA) is 59.8 Å². The van der Waals surface area contributed by atoms with E-state index in [1.165, 1.54) is 0 Å². The molecule has 156 valence electrons. The maximum atomic E-state index is 12.8. The van der Waals surface area contributed by atoms with E-state index in [2.05, 4.69) is 14.9 Å². The number of aromatic nitrogens is 2. The number of rotatable bonds is 5. The Morgan fingerprint density at radius 2 is 2.07 bits per heavy atom. The van der Waals surface area contributed by atoms with Crippen molar-refractivity contribution in [2.45, 2.75) is 25.4 Å². The van der Waals surface area contributed by atoms with E-state index in [9.17, 15) is 4.79 Å². The Bertz CT molecular complexity index is 898. The van der Waals surface area contributed by atoms with Gasteiger partial charge in [0.15, 0.2) is 0 Å². The van der Waals surface area contributed by atoms with Crippen LogP contribution < -0.4 is 15.2 Å². The van der Waals surface area contributed by atoms with Crippen LogP contribution in [0, 0.1) is 0 Å². The summed E-state index contributed by atoms with van der Waals surface area (Å²) in [5.41, 5.74) is 1.99. The quantitative estimate of drug-likeness (QED) is 0.743. The number of ether oxygens (including phenoxy) is 2.